The van der Waals surface area contributed by atoms with E-state index >= 15 is 0 Å². The van der Waals surface area contributed by atoms with Crippen LogP contribution in [0.1, 0.15) is 34.1 Å². The molecule has 1 saturated heterocycles. The Bertz CT molecular complexity index is 300. The summed E-state index contributed by atoms with van der Waals surface area (Å²) in [5.74, 6) is -2.96. The molecule has 1 amide bonds. The molecule has 1 fully saturated rings. The minimum atomic E-state index is -2.96. The first-order chi connectivity index (χ1) is 7.52. The Morgan fingerprint density at radius 2 is 2.06 bits per heavy atom. The smallest absolute Gasteiger partial charge is 0.410 e. The van der Waals surface area contributed by atoms with E-state index in [-0.39, 0.29) is 0 Å². The number of alkyl halides is 2. The Balaban J connectivity index is 2.77. The highest BCUT2D eigenvalue weighted by molar-refractivity contribution is 5.69. The predicted octanol–water partition coefficient (Wildman–Crippen LogP) is 2.01. The number of hydrogen-bond donors (Lipinski definition) is 1. The van der Waals surface area contributed by atoms with Crippen molar-refractivity contribution in [2.45, 2.75) is 57.8 Å². The molecule has 0 radical (unpaired) electrons. The Labute approximate surface area is 99.5 Å². The highest BCUT2D eigenvalue weighted by atomic mass is 19.3. The van der Waals surface area contributed by atoms with Crippen molar-refractivity contribution in [3.05, 3.63) is 0 Å². The van der Waals surface area contributed by atoms with Gasteiger partial charge in [0.05, 0.1) is 18.7 Å². The number of likely N-dealkylation sites (tertiary alicyclic amines) is 1. The summed E-state index contributed by atoms with van der Waals surface area (Å²) in [5.41, 5.74) is -0.738. The zero-order valence-corrected chi connectivity index (χ0v) is 10.5. The van der Waals surface area contributed by atoms with Gasteiger partial charge in [0.1, 0.15) is 5.60 Å². The molecule has 4 nitrogen and oxygen atoms in total. The third-order valence-corrected chi connectivity index (χ3v) is 2.49. The van der Waals surface area contributed by atoms with Gasteiger partial charge in [-0.15, -0.1) is 0 Å². The number of amides is 1. The van der Waals surface area contributed by atoms with Gasteiger partial charge in [-0.05, 0) is 27.7 Å². The molecule has 2 unspecified atom stereocenters. The summed E-state index contributed by atoms with van der Waals surface area (Å²) in [5, 5.41) is 9.42. The summed E-state index contributed by atoms with van der Waals surface area (Å²) < 4.78 is 31.5. The third kappa shape index (κ3) is 3.80. The van der Waals surface area contributed by atoms with Crippen molar-refractivity contribution in [1.82, 2.24) is 4.90 Å². The van der Waals surface area contributed by atoms with Gasteiger partial charge in [-0.2, -0.15) is 0 Å². The number of carbonyl (C=O) groups is 1. The van der Waals surface area contributed by atoms with Crippen molar-refractivity contribution in [1.29, 1.82) is 0 Å². The number of hydrogen-bond acceptors (Lipinski definition) is 3. The Kier molecular flexibility index (Phi) is 3.66. The van der Waals surface area contributed by atoms with E-state index in [2.05, 4.69) is 0 Å². The van der Waals surface area contributed by atoms with Crippen LogP contribution in [0, 0.1) is 0 Å². The average Bonchev–Trinajstić information content (AvgIpc) is 2.38. The number of ether oxygens (including phenoxy) is 1. The highest BCUT2D eigenvalue weighted by Gasteiger charge is 2.49. The fourth-order valence-electron chi connectivity index (χ4n) is 1.80. The van der Waals surface area contributed by atoms with E-state index in [1.165, 1.54) is 6.92 Å². The normalized spacial score (nSPS) is 25.8. The van der Waals surface area contributed by atoms with Crippen LogP contribution in [0.15, 0.2) is 0 Å². The van der Waals surface area contributed by atoms with E-state index in [0.29, 0.717) is 0 Å². The first-order valence-electron chi connectivity index (χ1n) is 5.57. The number of carbonyl (C=O) groups excluding carboxylic acids is 1. The summed E-state index contributed by atoms with van der Waals surface area (Å²) in [7, 11) is 0. The zero-order valence-electron chi connectivity index (χ0n) is 10.5. The molecule has 17 heavy (non-hydrogen) atoms. The van der Waals surface area contributed by atoms with Crippen LogP contribution in [0.4, 0.5) is 13.6 Å². The molecule has 0 aromatic carbocycles. The number of rotatable bonds is 1. The summed E-state index contributed by atoms with van der Waals surface area (Å²) in [6.45, 7) is 5.68. The molecule has 0 aliphatic carbocycles. The first kappa shape index (κ1) is 14.2. The van der Waals surface area contributed by atoms with E-state index in [4.69, 9.17) is 4.74 Å². The van der Waals surface area contributed by atoms with Crippen LogP contribution in [0.5, 0.6) is 0 Å². The topological polar surface area (TPSA) is 49.8 Å². The van der Waals surface area contributed by atoms with Crippen LogP contribution in [0.2, 0.25) is 0 Å². The van der Waals surface area contributed by atoms with Gasteiger partial charge < -0.3 is 9.84 Å². The zero-order chi connectivity index (χ0) is 13.4. The summed E-state index contributed by atoms with van der Waals surface area (Å²) >= 11 is 0. The van der Waals surface area contributed by atoms with Crippen LogP contribution in [-0.2, 0) is 4.74 Å². The van der Waals surface area contributed by atoms with Crippen LogP contribution >= 0.6 is 0 Å². The maximum absolute atomic E-state index is 13.2. The second kappa shape index (κ2) is 4.40. The lowest BCUT2D eigenvalue weighted by Gasteiger charge is -2.29. The average molecular weight is 251 g/mol. The standard InChI is InChI=1S/C11H19F2NO3/c1-7(15)8-5-11(12,13)6-14(8)9(16)17-10(2,3)4/h7-8,15H,5-6H2,1-4H3. The van der Waals surface area contributed by atoms with E-state index in [9.17, 15) is 18.7 Å². The monoisotopic (exact) mass is 251 g/mol. The molecule has 1 N–H and O–H groups in total. The van der Waals surface area contributed by atoms with Crippen molar-refractivity contribution < 1.29 is 23.4 Å². The number of halogens is 2. The van der Waals surface area contributed by atoms with Crippen LogP contribution in [0.25, 0.3) is 0 Å². The van der Waals surface area contributed by atoms with Crippen LogP contribution in [-0.4, -0.2) is 46.3 Å². The molecule has 0 bridgehead atoms. The third-order valence-electron chi connectivity index (χ3n) is 2.49. The molecular formula is C11H19F2NO3. The van der Waals surface area contributed by atoms with Crippen molar-refractivity contribution in [3.8, 4) is 0 Å². The molecule has 2 atom stereocenters. The lowest BCUT2D eigenvalue weighted by atomic mass is 10.1. The van der Waals surface area contributed by atoms with Crippen molar-refractivity contribution in [3.63, 3.8) is 0 Å². The molecule has 100 valence electrons. The quantitative estimate of drug-likeness (QED) is 0.775. The fourth-order valence-corrected chi connectivity index (χ4v) is 1.80. The lowest BCUT2D eigenvalue weighted by molar-refractivity contribution is -0.00412. The summed E-state index contributed by atoms with van der Waals surface area (Å²) in [4.78, 5) is 12.6. The fraction of sp³-hybridized carbons (Fsp3) is 0.909. The van der Waals surface area contributed by atoms with Gasteiger partial charge in [-0.1, -0.05) is 0 Å². The number of aliphatic hydroxyl groups is 1. The molecule has 1 rings (SSSR count). The molecule has 1 heterocycles. The summed E-state index contributed by atoms with van der Waals surface area (Å²) in [6, 6.07) is -0.889. The Morgan fingerprint density at radius 3 is 2.47 bits per heavy atom. The second-order valence-corrected chi connectivity index (χ2v) is 5.48. The molecule has 1 aliphatic heterocycles. The molecule has 6 heteroatoms. The van der Waals surface area contributed by atoms with Crippen molar-refractivity contribution >= 4 is 6.09 Å². The number of nitrogens with zero attached hydrogens (tertiary/aromatic N) is 1. The molecule has 0 aromatic rings. The van der Waals surface area contributed by atoms with Gasteiger partial charge >= 0.3 is 6.09 Å². The lowest BCUT2D eigenvalue weighted by Crippen LogP contribution is -2.44. The maximum atomic E-state index is 13.2. The predicted molar refractivity (Wildman–Crippen MR) is 58.0 cm³/mol. The molecular weight excluding hydrogens is 232 g/mol. The highest BCUT2D eigenvalue weighted by Crippen LogP contribution is 2.34. The largest absolute Gasteiger partial charge is 0.444 e. The van der Waals surface area contributed by atoms with E-state index in [1.807, 2.05) is 0 Å². The second-order valence-electron chi connectivity index (χ2n) is 5.48. The van der Waals surface area contributed by atoms with Gasteiger partial charge in [0, 0.05) is 6.42 Å². The molecule has 1 aliphatic rings. The van der Waals surface area contributed by atoms with Crippen LogP contribution < -0.4 is 0 Å². The van der Waals surface area contributed by atoms with Gasteiger partial charge in [0.25, 0.3) is 5.92 Å². The van der Waals surface area contributed by atoms with E-state index in [1.54, 1.807) is 20.8 Å². The SMILES string of the molecule is CC(O)C1CC(F)(F)CN1C(=O)OC(C)(C)C. The van der Waals surface area contributed by atoms with Gasteiger partial charge in [-0.25, -0.2) is 13.6 Å². The van der Waals surface area contributed by atoms with Gasteiger partial charge in [0.15, 0.2) is 0 Å². The van der Waals surface area contributed by atoms with Gasteiger partial charge in [-0.3, -0.25) is 4.90 Å². The van der Waals surface area contributed by atoms with Gasteiger partial charge in [0.2, 0.25) is 0 Å². The number of aliphatic hydroxyl groups excluding tert-OH is 1. The van der Waals surface area contributed by atoms with Crippen molar-refractivity contribution in [2.24, 2.45) is 0 Å². The Hall–Kier alpha value is -0.910. The van der Waals surface area contributed by atoms with E-state index in [0.717, 1.165) is 4.90 Å². The first-order valence-corrected chi connectivity index (χ1v) is 5.57. The van der Waals surface area contributed by atoms with Crippen LogP contribution in [0.3, 0.4) is 0 Å². The maximum Gasteiger partial charge on any atom is 0.410 e. The minimum Gasteiger partial charge on any atom is -0.444 e. The molecule has 0 aromatic heterocycles. The molecule has 0 saturated carbocycles. The van der Waals surface area contributed by atoms with E-state index < -0.39 is 42.7 Å². The van der Waals surface area contributed by atoms with Crippen molar-refractivity contribution in [2.75, 3.05) is 6.54 Å². The molecule has 0 spiro atoms. The minimum absolute atomic E-state index is 0.524. The Morgan fingerprint density at radius 1 is 1.53 bits per heavy atom. The summed E-state index contributed by atoms with van der Waals surface area (Å²) in [6.07, 6.45) is -2.33.